The summed E-state index contributed by atoms with van der Waals surface area (Å²) < 4.78 is 14.3. The van der Waals surface area contributed by atoms with Gasteiger partial charge in [0.2, 0.25) is 0 Å². The molecule has 1 aromatic heterocycles. The van der Waals surface area contributed by atoms with Crippen LogP contribution in [0.15, 0.2) is 29.0 Å². The molecule has 0 bridgehead atoms. The van der Waals surface area contributed by atoms with Gasteiger partial charge in [0.15, 0.2) is 0 Å². The van der Waals surface area contributed by atoms with Gasteiger partial charge in [0, 0.05) is 31.7 Å². The molecule has 30 heavy (non-hydrogen) atoms. The van der Waals surface area contributed by atoms with Crippen molar-refractivity contribution in [3.8, 4) is 0 Å². The summed E-state index contributed by atoms with van der Waals surface area (Å²) in [6.45, 7) is 4.78. The van der Waals surface area contributed by atoms with E-state index in [9.17, 15) is 14.3 Å². The average Bonchev–Trinajstić information content (AvgIpc) is 3.05. The fraction of sp³-hybridized carbons (Fsp3) is 0.476. The molecular weight excluding hydrogens is 453 g/mol. The van der Waals surface area contributed by atoms with Gasteiger partial charge in [-0.1, -0.05) is 13.0 Å². The Balaban J connectivity index is 1.47. The molecule has 7 nitrogen and oxygen atoms in total. The maximum Gasteiger partial charge on any atom is 0.137 e. The summed E-state index contributed by atoms with van der Waals surface area (Å²) in [6, 6.07) is 4.67. The van der Waals surface area contributed by atoms with Gasteiger partial charge in [-0.05, 0) is 46.0 Å². The molecule has 4 atom stereocenters. The first kappa shape index (κ1) is 21.3. The Bertz CT molecular complexity index is 938. The van der Waals surface area contributed by atoms with E-state index < -0.39 is 24.0 Å². The van der Waals surface area contributed by atoms with Crippen LogP contribution < -0.4 is 10.6 Å². The van der Waals surface area contributed by atoms with Crippen LogP contribution in [-0.2, 0) is 4.79 Å². The third-order valence-corrected chi connectivity index (χ3v) is 6.80. The van der Waals surface area contributed by atoms with Crippen molar-refractivity contribution in [3.05, 3.63) is 51.6 Å². The number of hydrogen-bond donors (Lipinski definition) is 2. The van der Waals surface area contributed by atoms with Crippen molar-refractivity contribution >= 4 is 28.0 Å². The van der Waals surface area contributed by atoms with Crippen LogP contribution in [-0.4, -0.2) is 58.6 Å². The number of nitrogens with two attached hydrogens (primary N) is 1. The monoisotopic (exact) mass is 477 g/mol. The lowest BCUT2D eigenvalue weighted by molar-refractivity contribution is -0.110. The first-order valence-corrected chi connectivity index (χ1v) is 10.9. The zero-order valence-electron chi connectivity index (χ0n) is 16.7. The lowest BCUT2D eigenvalue weighted by atomic mass is 9.96. The van der Waals surface area contributed by atoms with Gasteiger partial charge in [-0.2, -0.15) is 0 Å². The molecule has 4 rings (SSSR count). The van der Waals surface area contributed by atoms with Crippen molar-refractivity contribution in [2.45, 2.75) is 37.5 Å². The minimum Gasteiger partial charge on any atom is -0.387 e. The number of hydrogen-bond acceptors (Lipinski definition) is 7. The number of aliphatic hydroxyl groups excluding tert-OH is 1. The predicted molar refractivity (Wildman–Crippen MR) is 115 cm³/mol. The number of piperazine rings is 1. The van der Waals surface area contributed by atoms with E-state index >= 15 is 0 Å². The van der Waals surface area contributed by atoms with E-state index in [-0.39, 0.29) is 5.92 Å². The second-order valence-electron chi connectivity index (χ2n) is 8.00. The predicted octanol–water partition coefficient (Wildman–Crippen LogP) is 2.31. The number of aromatic nitrogens is 2. The standard InChI is InChI=1S/C21H25BrFN5O2/c1-12-8-17(30)19-18(12)21(26-11-25-19)28-6-4-27(5-7-28)20(24)14(10-29)13-2-3-15(22)16(23)9-13/h2-3,9-12,14,17,20,30H,4-8,24H2,1H3/t12-,14?,17-,20?/m1/s1. The minimum atomic E-state index is -0.613. The summed E-state index contributed by atoms with van der Waals surface area (Å²) in [7, 11) is 0. The van der Waals surface area contributed by atoms with Crippen molar-refractivity contribution in [1.82, 2.24) is 14.9 Å². The Morgan fingerprint density at radius 3 is 2.70 bits per heavy atom. The highest BCUT2D eigenvalue weighted by Gasteiger charge is 2.35. The van der Waals surface area contributed by atoms with Crippen LogP contribution in [0.1, 0.15) is 48.1 Å². The van der Waals surface area contributed by atoms with Crippen LogP contribution in [0.4, 0.5) is 10.2 Å². The van der Waals surface area contributed by atoms with Crippen LogP contribution in [0.2, 0.25) is 0 Å². The molecule has 0 saturated carbocycles. The summed E-state index contributed by atoms with van der Waals surface area (Å²) in [5.74, 6) is 0.0559. The Kier molecular flexibility index (Phi) is 6.15. The van der Waals surface area contributed by atoms with E-state index in [1.807, 2.05) is 0 Å². The maximum atomic E-state index is 13.9. The van der Waals surface area contributed by atoms with Crippen molar-refractivity contribution in [2.24, 2.45) is 5.73 Å². The SMILES string of the molecule is C[C@@H]1C[C@@H](O)c2ncnc(N3CCN(C(N)C(C=O)c4ccc(Br)c(F)c4)CC3)c21. The fourth-order valence-electron chi connectivity index (χ4n) is 4.49. The molecule has 1 aliphatic heterocycles. The molecule has 2 heterocycles. The Morgan fingerprint density at radius 2 is 2.03 bits per heavy atom. The average molecular weight is 478 g/mol. The first-order chi connectivity index (χ1) is 14.4. The zero-order valence-corrected chi connectivity index (χ0v) is 18.3. The summed E-state index contributed by atoms with van der Waals surface area (Å²) in [4.78, 5) is 24.8. The van der Waals surface area contributed by atoms with Gasteiger partial charge in [0.25, 0.3) is 0 Å². The molecule has 1 aromatic carbocycles. The Morgan fingerprint density at radius 1 is 1.30 bits per heavy atom. The van der Waals surface area contributed by atoms with Gasteiger partial charge >= 0.3 is 0 Å². The number of anilines is 1. The number of carbonyl (C=O) groups excluding carboxylic acids is 1. The van der Waals surface area contributed by atoms with Gasteiger partial charge in [0.05, 0.1) is 28.4 Å². The molecule has 3 N–H and O–H groups in total. The van der Waals surface area contributed by atoms with Crippen molar-refractivity contribution in [1.29, 1.82) is 0 Å². The molecule has 2 aliphatic rings. The van der Waals surface area contributed by atoms with E-state index in [1.54, 1.807) is 12.1 Å². The van der Waals surface area contributed by atoms with Crippen LogP contribution in [0.3, 0.4) is 0 Å². The number of halogens is 2. The molecule has 1 saturated heterocycles. The highest BCUT2D eigenvalue weighted by Crippen LogP contribution is 2.42. The third kappa shape index (κ3) is 3.87. The van der Waals surface area contributed by atoms with Crippen LogP contribution in [0, 0.1) is 5.82 Å². The molecule has 2 aromatic rings. The van der Waals surface area contributed by atoms with Gasteiger partial charge < -0.3 is 20.5 Å². The molecule has 1 aliphatic carbocycles. The number of nitrogens with zero attached hydrogens (tertiary/aromatic N) is 4. The molecule has 9 heteroatoms. The quantitative estimate of drug-likeness (QED) is 0.637. The largest absolute Gasteiger partial charge is 0.387 e. The molecule has 160 valence electrons. The van der Waals surface area contributed by atoms with Crippen molar-refractivity contribution in [2.75, 3.05) is 31.1 Å². The lowest BCUT2D eigenvalue weighted by Crippen LogP contribution is -2.55. The molecule has 0 spiro atoms. The van der Waals surface area contributed by atoms with Gasteiger partial charge in [-0.25, -0.2) is 14.4 Å². The van der Waals surface area contributed by atoms with Gasteiger partial charge in [-0.15, -0.1) is 0 Å². The molecule has 2 unspecified atom stereocenters. The minimum absolute atomic E-state index is 0.207. The maximum absolute atomic E-state index is 13.9. The highest BCUT2D eigenvalue weighted by molar-refractivity contribution is 9.10. The normalized spacial score (nSPS) is 23.8. The zero-order chi connectivity index (χ0) is 21.4. The summed E-state index contributed by atoms with van der Waals surface area (Å²) in [6.07, 6.45) is 1.89. The third-order valence-electron chi connectivity index (χ3n) is 6.16. The van der Waals surface area contributed by atoms with E-state index in [2.05, 4.69) is 42.6 Å². The number of rotatable bonds is 5. The Labute approximate surface area is 183 Å². The molecular formula is C21H25BrFN5O2. The number of carbonyl (C=O) groups is 1. The smallest absolute Gasteiger partial charge is 0.137 e. The molecule has 1 fully saturated rings. The van der Waals surface area contributed by atoms with Gasteiger partial charge in [0.1, 0.15) is 24.2 Å². The van der Waals surface area contributed by atoms with Crippen LogP contribution >= 0.6 is 15.9 Å². The highest BCUT2D eigenvalue weighted by atomic mass is 79.9. The molecule has 0 amide bonds. The van der Waals surface area contributed by atoms with E-state index in [0.29, 0.717) is 42.6 Å². The number of aldehydes is 1. The van der Waals surface area contributed by atoms with Gasteiger partial charge in [-0.3, -0.25) is 4.90 Å². The topological polar surface area (TPSA) is 95.6 Å². The summed E-state index contributed by atoms with van der Waals surface area (Å²) in [5, 5.41) is 10.2. The second kappa shape index (κ2) is 8.66. The van der Waals surface area contributed by atoms with Crippen molar-refractivity contribution in [3.63, 3.8) is 0 Å². The van der Waals surface area contributed by atoms with Crippen molar-refractivity contribution < 1.29 is 14.3 Å². The molecule has 0 radical (unpaired) electrons. The van der Waals surface area contributed by atoms with E-state index in [4.69, 9.17) is 5.73 Å². The first-order valence-electron chi connectivity index (χ1n) is 10.1. The Hall–Kier alpha value is -1.94. The van der Waals surface area contributed by atoms with Crippen LogP contribution in [0.25, 0.3) is 0 Å². The van der Waals surface area contributed by atoms with E-state index in [0.717, 1.165) is 23.4 Å². The fourth-order valence-corrected chi connectivity index (χ4v) is 4.74. The number of aliphatic hydroxyl groups is 1. The lowest BCUT2D eigenvalue weighted by Gasteiger charge is -2.40. The van der Waals surface area contributed by atoms with E-state index in [1.165, 1.54) is 12.4 Å². The number of fused-ring (bicyclic) bond motifs is 1. The summed E-state index contributed by atoms with van der Waals surface area (Å²) in [5.41, 5.74) is 8.74. The van der Waals surface area contributed by atoms with Crippen LogP contribution in [0.5, 0.6) is 0 Å². The second-order valence-corrected chi connectivity index (χ2v) is 8.85. The summed E-state index contributed by atoms with van der Waals surface area (Å²) >= 11 is 3.14. The number of benzene rings is 1.